The molecular weight excluding hydrogens is 316 g/mol. The molecule has 9 heteroatoms. The Hall–Kier alpha value is -2.03. The molecule has 0 bridgehead atoms. The third-order valence-electron chi connectivity index (χ3n) is 2.25. The van der Waals surface area contributed by atoms with Gasteiger partial charge in [-0.1, -0.05) is 6.92 Å². The van der Waals surface area contributed by atoms with Crippen LogP contribution in [-0.4, -0.2) is 31.2 Å². The van der Waals surface area contributed by atoms with E-state index in [0.29, 0.717) is 17.0 Å². The lowest BCUT2D eigenvalue weighted by Gasteiger charge is -2.05. The van der Waals surface area contributed by atoms with Crippen molar-refractivity contribution in [3.8, 4) is 5.82 Å². The molecule has 19 heavy (non-hydrogen) atoms. The van der Waals surface area contributed by atoms with Gasteiger partial charge in [0.15, 0.2) is 0 Å². The van der Waals surface area contributed by atoms with E-state index in [1.807, 2.05) is 6.92 Å². The van der Waals surface area contributed by atoms with Crippen molar-refractivity contribution in [2.75, 3.05) is 11.9 Å². The van der Waals surface area contributed by atoms with Gasteiger partial charge in [-0.05, 0) is 22.4 Å². The summed E-state index contributed by atoms with van der Waals surface area (Å²) in [4.78, 5) is 18.5. The molecule has 0 fully saturated rings. The van der Waals surface area contributed by atoms with Crippen molar-refractivity contribution in [2.24, 2.45) is 0 Å². The summed E-state index contributed by atoms with van der Waals surface area (Å²) in [6.45, 7) is 2.70. The standard InChI is InChI=1S/C10H11BrN6O2/c1-2-3-12-10-13-5-8(17(18)19)9(15-10)16-6-7(11)4-14-16/h4-6H,2-3H2,1H3,(H,12,13,15). The van der Waals surface area contributed by atoms with Gasteiger partial charge in [0.2, 0.25) is 11.8 Å². The summed E-state index contributed by atoms with van der Waals surface area (Å²) < 4.78 is 2.05. The van der Waals surface area contributed by atoms with Gasteiger partial charge >= 0.3 is 5.69 Å². The minimum atomic E-state index is -0.533. The lowest BCUT2D eigenvalue weighted by atomic mass is 10.4. The average molecular weight is 327 g/mol. The molecule has 0 saturated carbocycles. The summed E-state index contributed by atoms with van der Waals surface area (Å²) in [7, 11) is 0. The highest BCUT2D eigenvalue weighted by atomic mass is 79.9. The van der Waals surface area contributed by atoms with Crippen LogP contribution in [0.15, 0.2) is 23.1 Å². The normalized spacial score (nSPS) is 10.4. The zero-order valence-electron chi connectivity index (χ0n) is 10.1. The second-order valence-electron chi connectivity index (χ2n) is 3.69. The van der Waals surface area contributed by atoms with Crippen LogP contribution in [0.2, 0.25) is 0 Å². The third kappa shape index (κ3) is 3.05. The van der Waals surface area contributed by atoms with E-state index < -0.39 is 4.92 Å². The second-order valence-corrected chi connectivity index (χ2v) is 4.61. The first kappa shape index (κ1) is 13.4. The van der Waals surface area contributed by atoms with Crippen LogP contribution in [0, 0.1) is 10.1 Å². The monoisotopic (exact) mass is 326 g/mol. The Kier molecular flexibility index (Phi) is 4.05. The molecule has 0 aromatic carbocycles. The molecular formula is C10H11BrN6O2. The van der Waals surface area contributed by atoms with Crippen LogP contribution in [0.4, 0.5) is 11.6 Å². The predicted molar refractivity (Wildman–Crippen MR) is 72.3 cm³/mol. The Morgan fingerprint density at radius 3 is 2.89 bits per heavy atom. The van der Waals surface area contributed by atoms with Crippen molar-refractivity contribution in [2.45, 2.75) is 13.3 Å². The van der Waals surface area contributed by atoms with Crippen LogP contribution in [0.25, 0.3) is 5.82 Å². The van der Waals surface area contributed by atoms with Crippen molar-refractivity contribution in [1.82, 2.24) is 19.7 Å². The van der Waals surface area contributed by atoms with Gasteiger partial charge < -0.3 is 5.32 Å². The Bertz CT molecular complexity index is 599. The first-order valence-corrected chi connectivity index (χ1v) is 6.37. The van der Waals surface area contributed by atoms with Gasteiger partial charge in [-0.15, -0.1) is 0 Å². The lowest BCUT2D eigenvalue weighted by Crippen LogP contribution is -2.09. The van der Waals surface area contributed by atoms with E-state index in [2.05, 4.69) is 36.3 Å². The number of hydrogen-bond donors (Lipinski definition) is 1. The molecule has 0 aliphatic carbocycles. The maximum Gasteiger partial charge on any atom is 0.332 e. The van der Waals surface area contributed by atoms with Gasteiger partial charge in [0.05, 0.1) is 15.6 Å². The predicted octanol–water partition coefficient (Wildman–Crippen LogP) is 2.15. The number of nitro groups is 1. The highest BCUT2D eigenvalue weighted by molar-refractivity contribution is 9.10. The van der Waals surface area contributed by atoms with Gasteiger partial charge in [0.25, 0.3) is 0 Å². The number of anilines is 1. The van der Waals surface area contributed by atoms with E-state index in [4.69, 9.17) is 0 Å². The van der Waals surface area contributed by atoms with E-state index in [1.165, 1.54) is 17.1 Å². The molecule has 0 spiro atoms. The van der Waals surface area contributed by atoms with Crippen LogP contribution >= 0.6 is 15.9 Å². The summed E-state index contributed by atoms with van der Waals surface area (Å²) >= 11 is 3.24. The van der Waals surface area contributed by atoms with E-state index in [-0.39, 0.29) is 11.5 Å². The van der Waals surface area contributed by atoms with Crippen LogP contribution in [0.1, 0.15) is 13.3 Å². The molecule has 100 valence electrons. The molecule has 0 aliphatic rings. The fourth-order valence-corrected chi connectivity index (χ4v) is 1.69. The Balaban J connectivity index is 2.44. The minimum absolute atomic E-state index is 0.129. The number of halogens is 1. The highest BCUT2D eigenvalue weighted by Crippen LogP contribution is 2.21. The second kappa shape index (κ2) is 5.74. The van der Waals surface area contributed by atoms with E-state index in [1.54, 1.807) is 6.20 Å². The molecule has 2 aromatic heterocycles. The van der Waals surface area contributed by atoms with Crippen molar-refractivity contribution < 1.29 is 4.92 Å². The number of hydrogen-bond acceptors (Lipinski definition) is 6. The molecule has 8 nitrogen and oxygen atoms in total. The minimum Gasteiger partial charge on any atom is -0.354 e. The van der Waals surface area contributed by atoms with Gasteiger partial charge in [0.1, 0.15) is 6.20 Å². The van der Waals surface area contributed by atoms with Gasteiger partial charge in [-0.3, -0.25) is 10.1 Å². The molecule has 0 aliphatic heterocycles. The molecule has 2 heterocycles. The summed E-state index contributed by atoms with van der Waals surface area (Å²) in [5.41, 5.74) is -0.197. The average Bonchev–Trinajstić information content (AvgIpc) is 2.82. The van der Waals surface area contributed by atoms with Crippen LogP contribution in [0.5, 0.6) is 0 Å². The summed E-state index contributed by atoms with van der Waals surface area (Å²) in [6, 6.07) is 0. The Labute approximate surface area is 117 Å². The van der Waals surface area contributed by atoms with Crippen molar-refractivity contribution in [1.29, 1.82) is 0 Å². The maximum atomic E-state index is 11.0. The topological polar surface area (TPSA) is 98.8 Å². The molecule has 2 rings (SSSR count). The Morgan fingerprint density at radius 1 is 1.53 bits per heavy atom. The Morgan fingerprint density at radius 2 is 2.32 bits per heavy atom. The van der Waals surface area contributed by atoms with Gasteiger partial charge in [-0.2, -0.15) is 10.1 Å². The van der Waals surface area contributed by atoms with Crippen molar-refractivity contribution >= 4 is 27.6 Å². The number of nitrogens with one attached hydrogen (secondary N) is 1. The van der Waals surface area contributed by atoms with Crippen LogP contribution < -0.4 is 5.32 Å². The van der Waals surface area contributed by atoms with E-state index in [9.17, 15) is 10.1 Å². The number of nitrogens with zero attached hydrogens (tertiary/aromatic N) is 5. The fourth-order valence-electron chi connectivity index (χ4n) is 1.40. The fraction of sp³-hybridized carbons (Fsp3) is 0.300. The molecule has 0 radical (unpaired) electrons. The smallest absolute Gasteiger partial charge is 0.332 e. The SMILES string of the molecule is CCCNc1ncc([N+](=O)[O-])c(-n2cc(Br)cn2)n1. The summed E-state index contributed by atoms with van der Waals surface area (Å²) in [6.07, 6.45) is 5.21. The maximum absolute atomic E-state index is 11.0. The highest BCUT2D eigenvalue weighted by Gasteiger charge is 2.19. The van der Waals surface area contributed by atoms with Crippen molar-refractivity contribution in [3.63, 3.8) is 0 Å². The zero-order chi connectivity index (χ0) is 13.8. The summed E-state index contributed by atoms with van der Waals surface area (Å²) in [5, 5.41) is 18.0. The first-order chi connectivity index (χ1) is 9.11. The largest absolute Gasteiger partial charge is 0.354 e. The quantitative estimate of drug-likeness (QED) is 0.667. The number of rotatable bonds is 5. The molecule has 0 amide bonds. The molecule has 0 atom stereocenters. The van der Waals surface area contributed by atoms with Crippen LogP contribution in [-0.2, 0) is 0 Å². The molecule has 2 aromatic rings. The van der Waals surface area contributed by atoms with E-state index >= 15 is 0 Å². The van der Waals surface area contributed by atoms with Crippen molar-refractivity contribution in [3.05, 3.63) is 33.2 Å². The third-order valence-corrected chi connectivity index (χ3v) is 2.66. The van der Waals surface area contributed by atoms with E-state index in [0.717, 1.165) is 6.42 Å². The van der Waals surface area contributed by atoms with Gasteiger partial charge in [-0.25, -0.2) is 9.67 Å². The molecule has 1 N–H and O–H groups in total. The first-order valence-electron chi connectivity index (χ1n) is 5.57. The molecule has 0 saturated heterocycles. The summed E-state index contributed by atoms with van der Waals surface area (Å²) in [5.74, 6) is 0.471. The molecule has 0 unspecified atom stereocenters. The van der Waals surface area contributed by atoms with Gasteiger partial charge in [0, 0.05) is 12.7 Å². The number of aromatic nitrogens is 4. The zero-order valence-corrected chi connectivity index (χ0v) is 11.7. The van der Waals surface area contributed by atoms with Crippen LogP contribution in [0.3, 0.4) is 0 Å². The lowest BCUT2D eigenvalue weighted by molar-refractivity contribution is -0.385.